The molecule has 2 saturated heterocycles. The Balaban J connectivity index is 1.72. The van der Waals surface area contributed by atoms with Crippen molar-refractivity contribution < 1.29 is 38.4 Å². The lowest BCUT2D eigenvalue weighted by atomic mass is 9.66. The summed E-state index contributed by atoms with van der Waals surface area (Å²) in [6, 6.07) is 0. The smallest absolute Gasteiger partial charge is 0.311 e. The van der Waals surface area contributed by atoms with Crippen molar-refractivity contribution in [3.63, 3.8) is 0 Å². The molecular formula is C23H35NO8. The van der Waals surface area contributed by atoms with Crippen LogP contribution in [-0.2, 0) is 33.3 Å². The average Bonchev–Trinajstić information content (AvgIpc) is 3.10. The summed E-state index contributed by atoms with van der Waals surface area (Å²) in [5.74, 6) is -2.22. The molecule has 2 heterocycles. The number of aliphatic hydroxyl groups excluding tert-OH is 1. The Morgan fingerprint density at radius 2 is 1.81 bits per heavy atom. The predicted molar refractivity (Wildman–Crippen MR) is 111 cm³/mol. The van der Waals surface area contributed by atoms with Crippen molar-refractivity contribution in [3.05, 3.63) is 0 Å². The molecule has 4 fully saturated rings. The molecule has 4 rings (SSSR count). The third kappa shape index (κ3) is 4.03. The van der Waals surface area contributed by atoms with E-state index in [9.17, 15) is 19.5 Å². The molecule has 0 spiro atoms. The fourth-order valence-electron chi connectivity index (χ4n) is 6.85. The summed E-state index contributed by atoms with van der Waals surface area (Å²) in [6.07, 6.45) is -1.62. The fraction of sp³-hybridized carbons (Fsp3) is 0.870. The number of hydrogen-bond donors (Lipinski definition) is 1. The van der Waals surface area contributed by atoms with Crippen LogP contribution >= 0.6 is 0 Å². The Kier molecular flexibility index (Phi) is 6.53. The highest BCUT2D eigenvalue weighted by Crippen LogP contribution is 2.59. The maximum absolute atomic E-state index is 13.0. The minimum absolute atomic E-state index is 0.00973. The second kappa shape index (κ2) is 8.91. The summed E-state index contributed by atoms with van der Waals surface area (Å²) in [4.78, 5) is 39.2. The van der Waals surface area contributed by atoms with Gasteiger partial charge in [-0.3, -0.25) is 19.3 Å². The Bertz CT molecular complexity index is 752. The minimum atomic E-state index is -0.873. The van der Waals surface area contributed by atoms with Gasteiger partial charge in [-0.2, -0.15) is 0 Å². The SMILES string of the molecule is CC(=O)O[C@H]1C[C@H](O)[C@]2(C)[C@H]1[C@H](C)C[C@@H]1OC(=O)[C@H](CN3CCOCC3)[C@H]1[C@@H]2OC(C)=O. The first-order chi connectivity index (χ1) is 15.1. The highest BCUT2D eigenvalue weighted by molar-refractivity contribution is 5.76. The van der Waals surface area contributed by atoms with Gasteiger partial charge in [-0.15, -0.1) is 0 Å². The van der Waals surface area contributed by atoms with E-state index >= 15 is 0 Å². The first-order valence-corrected chi connectivity index (χ1v) is 11.7. The minimum Gasteiger partial charge on any atom is -0.462 e. The largest absolute Gasteiger partial charge is 0.462 e. The maximum atomic E-state index is 13.0. The first kappa shape index (κ1) is 23.4. The van der Waals surface area contributed by atoms with Gasteiger partial charge in [-0.25, -0.2) is 0 Å². The molecule has 2 saturated carbocycles. The summed E-state index contributed by atoms with van der Waals surface area (Å²) in [6.45, 7) is 9.84. The Morgan fingerprint density at radius 3 is 2.44 bits per heavy atom. The van der Waals surface area contributed by atoms with Crippen LogP contribution in [0.3, 0.4) is 0 Å². The molecule has 9 heteroatoms. The Hall–Kier alpha value is -1.71. The lowest BCUT2D eigenvalue weighted by Gasteiger charge is -2.44. The van der Waals surface area contributed by atoms with Crippen molar-refractivity contribution in [1.82, 2.24) is 4.90 Å². The quantitative estimate of drug-likeness (QED) is 0.487. The van der Waals surface area contributed by atoms with E-state index in [1.54, 1.807) is 0 Å². The van der Waals surface area contributed by atoms with Crippen LogP contribution in [-0.4, -0.2) is 85.2 Å². The fourth-order valence-corrected chi connectivity index (χ4v) is 6.85. The van der Waals surface area contributed by atoms with Gasteiger partial charge >= 0.3 is 17.9 Å². The molecule has 32 heavy (non-hydrogen) atoms. The van der Waals surface area contributed by atoms with Crippen molar-refractivity contribution >= 4 is 17.9 Å². The van der Waals surface area contributed by atoms with Gasteiger partial charge in [-0.05, 0) is 12.3 Å². The van der Waals surface area contributed by atoms with Crippen molar-refractivity contribution in [1.29, 1.82) is 0 Å². The Morgan fingerprint density at radius 1 is 1.16 bits per heavy atom. The zero-order chi connectivity index (χ0) is 23.2. The number of fused-ring (bicyclic) bond motifs is 2. The highest BCUT2D eigenvalue weighted by atomic mass is 16.6. The summed E-state index contributed by atoms with van der Waals surface area (Å²) in [7, 11) is 0. The van der Waals surface area contributed by atoms with Crippen LogP contribution in [0.15, 0.2) is 0 Å². The van der Waals surface area contributed by atoms with Gasteiger partial charge in [0.05, 0.1) is 25.2 Å². The lowest BCUT2D eigenvalue weighted by Crippen LogP contribution is -2.53. The van der Waals surface area contributed by atoms with Gasteiger partial charge < -0.3 is 24.1 Å². The molecule has 4 aliphatic rings. The molecule has 0 amide bonds. The number of carbonyl (C=O) groups excluding carboxylic acids is 3. The van der Waals surface area contributed by atoms with Crippen LogP contribution < -0.4 is 0 Å². The zero-order valence-corrected chi connectivity index (χ0v) is 19.3. The number of morpholine rings is 1. The van der Waals surface area contributed by atoms with Crippen LogP contribution in [0, 0.1) is 29.1 Å². The van der Waals surface area contributed by atoms with Gasteiger partial charge in [0.1, 0.15) is 18.3 Å². The second-order valence-corrected chi connectivity index (χ2v) is 10.1. The number of aliphatic hydroxyl groups is 1. The van der Waals surface area contributed by atoms with Crippen LogP contribution in [0.5, 0.6) is 0 Å². The van der Waals surface area contributed by atoms with Crippen LogP contribution in [0.4, 0.5) is 0 Å². The van der Waals surface area contributed by atoms with Crippen molar-refractivity contribution in [2.75, 3.05) is 32.8 Å². The second-order valence-electron chi connectivity index (χ2n) is 10.1. The van der Waals surface area contributed by atoms with Gasteiger partial charge in [0.2, 0.25) is 0 Å². The van der Waals surface area contributed by atoms with E-state index in [2.05, 4.69) is 4.90 Å². The average molecular weight is 454 g/mol. The molecule has 0 aromatic heterocycles. The first-order valence-electron chi connectivity index (χ1n) is 11.7. The molecule has 0 aromatic rings. The normalized spacial score (nSPS) is 44.2. The lowest BCUT2D eigenvalue weighted by molar-refractivity contribution is -0.174. The predicted octanol–water partition coefficient (Wildman–Crippen LogP) is 0.767. The molecule has 0 bridgehead atoms. The summed E-state index contributed by atoms with van der Waals surface area (Å²) in [5.41, 5.74) is -0.873. The van der Waals surface area contributed by atoms with Crippen molar-refractivity contribution in [3.8, 4) is 0 Å². The molecule has 2 aliphatic carbocycles. The molecule has 0 aromatic carbocycles. The van der Waals surface area contributed by atoms with Crippen LogP contribution in [0.2, 0.25) is 0 Å². The molecular weight excluding hydrogens is 418 g/mol. The van der Waals surface area contributed by atoms with E-state index in [0.717, 1.165) is 13.1 Å². The third-order valence-electron chi connectivity index (χ3n) is 8.11. The number of carbonyl (C=O) groups is 3. The molecule has 0 unspecified atom stereocenters. The molecule has 0 radical (unpaired) electrons. The van der Waals surface area contributed by atoms with Crippen molar-refractivity contribution in [2.45, 2.75) is 65.0 Å². The monoisotopic (exact) mass is 453 g/mol. The Labute approximate surface area is 188 Å². The van der Waals surface area contributed by atoms with E-state index in [-0.39, 0.29) is 30.1 Å². The van der Waals surface area contributed by atoms with Gasteiger partial charge in [0.15, 0.2) is 0 Å². The zero-order valence-electron chi connectivity index (χ0n) is 19.3. The molecule has 9 atom stereocenters. The van der Waals surface area contributed by atoms with E-state index in [0.29, 0.717) is 26.2 Å². The van der Waals surface area contributed by atoms with E-state index < -0.39 is 47.7 Å². The standard InChI is InChI=1S/C23H35NO8/c1-12-9-16-19(15(22(28)32-16)11-24-5-7-29-8-6-24)21(31-14(3)26)23(4)18(27)10-17(20(12)23)30-13(2)25/h12,15-21,27H,5-11H2,1-4H3/t12-,15-,16+,17+,18+,19-,20+,21+,23-/m1/s1. The van der Waals surface area contributed by atoms with Crippen LogP contribution in [0.1, 0.15) is 40.5 Å². The highest BCUT2D eigenvalue weighted by Gasteiger charge is 2.67. The van der Waals surface area contributed by atoms with E-state index in [4.69, 9.17) is 18.9 Å². The maximum Gasteiger partial charge on any atom is 0.311 e. The van der Waals surface area contributed by atoms with Crippen molar-refractivity contribution in [2.24, 2.45) is 29.1 Å². The topological polar surface area (TPSA) is 112 Å². The third-order valence-corrected chi connectivity index (χ3v) is 8.11. The summed E-state index contributed by atoms with van der Waals surface area (Å²) < 4.78 is 22.8. The molecule has 1 N–H and O–H groups in total. The number of hydrogen-bond acceptors (Lipinski definition) is 9. The van der Waals surface area contributed by atoms with Crippen LogP contribution in [0.25, 0.3) is 0 Å². The number of esters is 3. The van der Waals surface area contributed by atoms with E-state index in [1.165, 1.54) is 13.8 Å². The summed E-state index contributed by atoms with van der Waals surface area (Å²) in [5, 5.41) is 11.3. The molecule has 180 valence electrons. The van der Waals surface area contributed by atoms with E-state index in [1.807, 2.05) is 13.8 Å². The summed E-state index contributed by atoms with van der Waals surface area (Å²) >= 11 is 0. The van der Waals surface area contributed by atoms with Gasteiger partial charge in [-0.1, -0.05) is 13.8 Å². The number of ether oxygens (including phenoxy) is 4. The molecule has 9 nitrogen and oxygen atoms in total. The molecule has 2 aliphatic heterocycles. The number of rotatable bonds is 4. The number of nitrogens with zero attached hydrogens (tertiary/aromatic N) is 1. The van der Waals surface area contributed by atoms with Gasteiger partial charge in [0, 0.05) is 57.2 Å². The van der Waals surface area contributed by atoms with Gasteiger partial charge in [0.25, 0.3) is 0 Å².